The lowest BCUT2D eigenvalue weighted by atomic mass is 9.88. The molecule has 0 saturated carbocycles. The molecule has 0 amide bonds. The third kappa shape index (κ3) is 3.42. The summed E-state index contributed by atoms with van der Waals surface area (Å²) < 4.78 is 6.18. The number of nitrogens with zero attached hydrogens (tertiary/aromatic N) is 1. The Bertz CT molecular complexity index is 332. The zero-order chi connectivity index (χ0) is 10.7. The van der Waals surface area contributed by atoms with E-state index in [2.05, 4.69) is 20.9 Å². The average molecular weight is 308 g/mol. The van der Waals surface area contributed by atoms with Gasteiger partial charge >= 0.3 is 0 Å². The van der Waals surface area contributed by atoms with E-state index < -0.39 is 0 Å². The SMILES string of the molecule is Cl.N[C@H](c1ccnc(Br)c1)C1CCOCC1. The van der Waals surface area contributed by atoms with Gasteiger partial charge in [0.2, 0.25) is 0 Å². The molecular weight excluding hydrogens is 291 g/mol. The fraction of sp³-hybridized carbons (Fsp3) is 0.545. The van der Waals surface area contributed by atoms with E-state index in [1.807, 2.05) is 12.1 Å². The summed E-state index contributed by atoms with van der Waals surface area (Å²) in [5.74, 6) is 0.535. The lowest BCUT2D eigenvalue weighted by molar-refractivity contribution is 0.0583. The summed E-state index contributed by atoms with van der Waals surface area (Å²) in [5, 5.41) is 0. The number of nitrogens with two attached hydrogens (primary N) is 1. The normalized spacial score (nSPS) is 18.9. The van der Waals surface area contributed by atoms with Crippen LogP contribution in [0.5, 0.6) is 0 Å². The Morgan fingerprint density at radius 1 is 1.44 bits per heavy atom. The molecule has 0 unspecified atom stereocenters. The van der Waals surface area contributed by atoms with Crippen molar-refractivity contribution in [3.8, 4) is 0 Å². The Morgan fingerprint density at radius 3 is 2.75 bits per heavy atom. The zero-order valence-corrected chi connectivity index (χ0v) is 11.3. The van der Waals surface area contributed by atoms with Crippen LogP contribution in [0.1, 0.15) is 24.4 Å². The maximum absolute atomic E-state index is 6.23. The lowest BCUT2D eigenvalue weighted by Crippen LogP contribution is -2.27. The van der Waals surface area contributed by atoms with Crippen LogP contribution in [0.4, 0.5) is 0 Å². The van der Waals surface area contributed by atoms with Crippen LogP contribution in [0.15, 0.2) is 22.9 Å². The first-order chi connectivity index (χ1) is 7.27. The summed E-state index contributed by atoms with van der Waals surface area (Å²) in [5.41, 5.74) is 7.39. The van der Waals surface area contributed by atoms with Crippen molar-refractivity contribution in [2.75, 3.05) is 13.2 Å². The molecule has 5 heteroatoms. The first kappa shape index (κ1) is 13.9. The largest absolute Gasteiger partial charge is 0.381 e. The Balaban J connectivity index is 0.00000128. The summed E-state index contributed by atoms with van der Waals surface area (Å²) in [4.78, 5) is 4.10. The second-order valence-electron chi connectivity index (χ2n) is 3.89. The number of ether oxygens (including phenoxy) is 1. The predicted octanol–water partition coefficient (Wildman–Crippen LogP) is 2.69. The summed E-state index contributed by atoms with van der Waals surface area (Å²) in [6, 6.07) is 4.10. The van der Waals surface area contributed by atoms with Gasteiger partial charge in [-0.05, 0) is 52.4 Å². The number of rotatable bonds is 2. The molecule has 0 aromatic carbocycles. The topological polar surface area (TPSA) is 48.1 Å². The molecule has 90 valence electrons. The van der Waals surface area contributed by atoms with Crippen molar-refractivity contribution in [1.29, 1.82) is 0 Å². The number of hydrogen-bond acceptors (Lipinski definition) is 3. The number of aromatic nitrogens is 1. The molecule has 1 aliphatic heterocycles. The van der Waals surface area contributed by atoms with Crippen molar-refractivity contribution < 1.29 is 4.74 Å². The second kappa shape index (κ2) is 6.55. The van der Waals surface area contributed by atoms with Crippen molar-refractivity contribution in [1.82, 2.24) is 4.98 Å². The van der Waals surface area contributed by atoms with Crippen LogP contribution in [0.25, 0.3) is 0 Å². The summed E-state index contributed by atoms with van der Waals surface area (Å²) in [6.45, 7) is 1.68. The van der Waals surface area contributed by atoms with Crippen molar-refractivity contribution in [2.24, 2.45) is 11.7 Å². The Morgan fingerprint density at radius 2 is 2.12 bits per heavy atom. The standard InChI is InChI=1S/C11H15BrN2O.ClH/c12-10-7-9(1-4-14-10)11(13)8-2-5-15-6-3-8;/h1,4,7-8,11H,2-3,5-6,13H2;1H/t11-;/m0./s1. The highest BCUT2D eigenvalue weighted by molar-refractivity contribution is 9.10. The highest BCUT2D eigenvalue weighted by atomic mass is 79.9. The quantitative estimate of drug-likeness (QED) is 0.855. The molecule has 1 saturated heterocycles. The lowest BCUT2D eigenvalue weighted by Gasteiger charge is -2.27. The van der Waals surface area contributed by atoms with Gasteiger partial charge < -0.3 is 10.5 Å². The van der Waals surface area contributed by atoms with Crippen molar-refractivity contribution in [3.63, 3.8) is 0 Å². The van der Waals surface area contributed by atoms with Gasteiger partial charge in [0.1, 0.15) is 4.60 Å². The molecule has 16 heavy (non-hydrogen) atoms. The molecule has 3 nitrogen and oxygen atoms in total. The number of hydrogen-bond donors (Lipinski definition) is 1. The van der Waals surface area contributed by atoms with Gasteiger partial charge in [0.25, 0.3) is 0 Å². The van der Waals surface area contributed by atoms with E-state index in [4.69, 9.17) is 10.5 Å². The third-order valence-electron chi connectivity index (χ3n) is 2.91. The van der Waals surface area contributed by atoms with Gasteiger partial charge in [0.05, 0.1) is 0 Å². The molecule has 2 N–H and O–H groups in total. The fourth-order valence-corrected chi connectivity index (χ4v) is 2.35. The fourth-order valence-electron chi connectivity index (χ4n) is 1.97. The summed E-state index contributed by atoms with van der Waals surface area (Å²) in [6.07, 6.45) is 3.90. The van der Waals surface area contributed by atoms with Gasteiger partial charge in [-0.1, -0.05) is 0 Å². The van der Waals surface area contributed by atoms with E-state index >= 15 is 0 Å². The molecule has 1 atom stereocenters. The van der Waals surface area contributed by atoms with E-state index in [1.54, 1.807) is 6.20 Å². The summed E-state index contributed by atoms with van der Waals surface area (Å²) >= 11 is 3.36. The predicted molar refractivity (Wildman–Crippen MR) is 69.7 cm³/mol. The molecule has 0 radical (unpaired) electrons. The first-order valence-electron chi connectivity index (χ1n) is 5.22. The Labute approximate surface area is 110 Å². The first-order valence-corrected chi connectivity index (χ1v) is 6.01. The third-order valence-corrected chi connectivity index (χ3v) is 3.34. The average Bonchev–Trinajstić information content (AvgIpc) is 2.29. The van der Waals surface area contributed by atoms with Crippen LogP contribution in [-0.4, -0.2) is 18.2 Å². The highest BCUT2D eigenvalue weighted by Gasteiger charge is 2.22. The zero-order valence-electron chi connectivity index (χ0n) is 8.93. The molecule has 0 spiro atoms. The van der Waals surface area contributed by atoms with Crippen LogP contribution in [-0.2, 0) is 4.74 Å². The molecule has 2 rings (SSSR count). The van der Waals surface area contributed by atoms with Gasteiger partial charge in [0, 0.05) is 25.5 Å². The molecule has 0 bridgehead atoms. The van der Waals surface area contributed by atoms with E-state index in [-0.39, 0.29) is 18.4 Å². The molecular formula is C11H16BrClN2O. The monoisotopic (exact) mass is 306 g/mol. The van der Waals surface area contributed by atoms with E-state index in [0.717, 1.165) is 36.2 Å². The van der Waals surface area contributed by atoms with Crippen LogP contribution in [0.2, 0.25) is 0 Å². The molecule has 0 aliphatic carbocycles. The van der Waals surface area contributed by atoms with Crippen LogP contribution >= 0.6 is 28.3 Å². The van der Waals surface area contributed by atoms with E-state index in [0.29, 0.717) is 5.92 Å². The molecule has 1 aliphatic rings. The molecule has 2 heterocycles. The Kier molecular flexibility index (Phi) is 5.69. The molecule has 1 aromatic rings. The van der Waals surface area contributed by atoms with Crippen molar-refractivity contribution in [3.05, 3.63) is 28.5 Å². The molecule has 1 fully saturated rings. The van der Waals surface area contributed by atoms with Crippen LogP contribution in [0, 0.1) is 5.92 Å². The van der Waals surface area contributed by atoms with Crippen LogP contribution in [0.3, 0.4) is 0 Å². The van der Waals surface area contributed by atoms with E-state index in [1.165, 1.54) is 0 Å². The van der Waals surface area contributed by atoms with Gasteiger partial charge in [0.15, 0.2) is 0 Å². The van der Waals surface area contributed by atoms with Gasteiger partial charge in [-0.25, -0.2) is 4.98 Å². The van der Waals surface area contributed by atoms with Gasteiger partial charge in [-0.15, -0.1) is 12.4 Å². The minimum absolute atomic E-state index is 0. The number of pyridine rings is 1. The van der Waals surface area contributed by atoms with Gasteiger partial charge in [-0.3, -0.25) is 0 Å². The van der Waals surface area contributed by atoms with Crippen molar-refractivity contribution in [2.45, 2.75) is 18.9 Å². The Hall–Kier alpha value is -0.160. The van der Waals surface area contributed by atoms with Crippen LogP contribution < -0.4 is 5.73 Å². The minimum Gasteiger partial charge on any atom is -0.381 e. The van der Waals surface area contributed by atoms with Crippen molar-refractivity contribution >= 4 is 28.3 Å². The second-order valence-corrected chi connectivity index (χ2v) is 4.70. The highest BCUT2D eigenvalue weighted by Crippen LogP contribution is 2.28. The summed E-state index contributed by atoms with van der Waals surface area (Å²) in [7, 11) is 0. The maximum atomic E-state index is 6.23. The minimum atomic E-state index is 0. The number of halogens is 2. The van der Waals surface area contributed by atoms with Gasteiger partial charge in [-0.2, -0.15) is 0 Å². The molecule has 1 aromatic heterocycles. The van der Waals surface area contributed by atoms with E-state index in [9.17, 15) is 0 Å². The smallest absolute Gasteiger partial charge is 0.106 e. The maximum Gasteiger partial charge on any atom is 0.106 e.